The first-order valence-corrected chi connectivity index (χ1v) is 26.9. The Hall–Kier alpha value is -10.3. The minimum atomic E-state index is 0.863. The second kappa shape index (κ2) is 16.6. The molecular weight excluding hydrogens is 945 g/mol. The van der Waals surface area contributed by atoms with Crippen LogP contribution < -0.4 is 0 Å². The fourth-order valence-electron chi connectivity index (χ4n) is 13.5. The highest BCUT2D eigenvalue weighted by atomic mass is 16.3. The first-order chi connectivity index (χ1) is 38.7. The third-order valence-corrected chi connectivity index (χ3v) is 16.8. The SMILES string of the molecule is c1ccc(-c2c3ccccc3c(-c3cccc4c3oc3cc5c(-c6ccc7c(-c8ccccc8)c8ccccc8c(-c8cccc9c8oc8c%10ccccc%10c%10ccccc%10c98)c7c6)cccc5cc34)c3ccccc23)cc1. The van der Waals surface area contributed by atoms with E-state index in [1.807, 2.05) is 0 Å². The number of furan rings is 2. The van der Waals surface area contributed by atoms with Crippen LogP contribution >= 0.6 is 0 Å². The van der Waals surface area contributed by atoms with Crippen molar-refractivity contribution in [2.75, 3.05) is 0 Å². The maximum absolute atomic E-state index is 7.30. The molecule has 2 heteroatoms. The zero-order chi connectivity index (χ0) is 51.0. The molecule has 0 unspecified atom stereocenters. The van der Waals surface area contributed by atoms with Gasteiger partial charge in [0.15, 0.2) is 0 Å². The summed E-state index contributed by atoms with van der Waals surface area (Å²) in [6.45, 7) is 0. The third-order valence-electron chi connectivity index (χ3n) is 16.8. The monoisotopic (exact) mass is 988 g/mol. The van der Waals surface area contributed by atoms with Gasteiger partial charge in [0.2, 0.25) is 0 Å². The number of fused-ring (bicyclic) bond motifs is 16. The van der Waals surface area contributed by atoms with Crippen LogP contribution in [0.2, 0.25) is 0 Å². The van der Waals surface area contributed by atoms with E-state index in [1.54, 1.807) is 0 Å². The molecule has 0 atom stereocenters. The van der Waals surface area contributed by atoms with Crippen molar-refractivity contribution in [3.8, 4) is 55.6 Å². The molecular formula is C76H44O2. The summed E-state index contributed by atoms with van der Waals surface area (Å²) in [7, 11) is 0. The van der Waals surface area contributed by atoms with Crippen LogP contribution in [0.5, 0.6) is 0 Å². The Balaban J connectivity index is 0.912. The lowest BCUT2D eigenvalue weighted by Gasteiger charge is -2.19. The summed E-state index contributed by atoms with van der Waals surface area (Å²) >= 11 is 0. The molecule has 0 N–H and O–H groups in total. The first kappa shape index (κ1) is 43.0. The zero-order valence-corrected chi connectivity index (χ0v) is 42.2. The molecule has 0 saturated heterocycles. The standard InChI is InChI=1S/C76H44O2/c1-3-20-45(21-4-1)69-53-28-10-13-31-56(53)71(57-32-14-11-29-54(57)69)62-37-18-36-61-66-42-47-24-17-35-49(65(47)44-68(66)77-74(61)62)48-40-41-59-67(43-48)72(58-33-15-12-30-55(58)70(59)46-22-5-2-6-23-46)63-38-19-39-64-73-52-27-9-7-25-50(52)51-26-8-16-34-60(51)76(73)78-75(63)64/h1-44H. The van der Waals surface area contributed by atoms with E-state index in [4.69, 9.17) is 8.83 Å². The minimum Gasteiger partial charge on any atom is -0.455 e. The maximum Gasteiger partial charge on any atom is 0.143 e. The first-order valence-electron chi connectivity index (χ1n) is 26.9. The fraction of sp³-hybridized carbons (Fsp3) is 0. The predicted molar refractivity (Wildman–Crippen MR) is 331 cm³/mol. The lowest BCUT2D eigenvalue weighted by molar-refractivity contribution is 0.670. The van der Waals surface area contributed by atoms with Crippen molar-refractivity contribution in [3.63, 3.8) is 0 Å². The summed E-state index contributed by atoms with van der Waals surface area (Å²) in [6, 6.07) is 97.5. The molecule has 2 heterocycles. The van der Waals surface area contributed by atoms with E-state index >= 15 is 0 Å². The van der Waals surface area contributed by atoms with Crippen molar-refractivity contribution in [2.45, 2.75) is 0 Å². The molecule has 0 aliphatic rings. The Labute approximate surface area is 448 Å². The fourth-order valence-corrected chi connectivity index (χ4v) is 13.5. The van der Waals surface area contributed by atoms with E-state index in [1.165, 1.54) is 81.7 Å². The number of hydrogen-bond acceptors (Lipinski definition) is 2. The molecule has 0 amide bonds. The van der Waals surface area contributed by atoms with Gasteiger partial charge in [0.25, 0.3) is 0 Å². The quantitative estimate of drug-likeness (QED) is 0.127. The molecule has 15 aromatic carbocycles. The van der Waals surface area contributed by atoms with Gasteiger partial charge in [-0.15, -0.1) is 0 Å². The molecule has 0 aliphatic heterocycles. The van der Waals surface area contributed by atoms with Gasteiger partial charge >= 0.3 is 0 Å². The highest BCUT2D eigenvalue weighted by Gasteiger charge is 2.25. The Bertz CT molecular complexity index is 5310. The van der Waals surface area contributed by atoms with Gasteiger partial charge in [0, 0.05) is 49.2 Å². The normalized spacial score (nSPS) is 12.1. The maximum atomic E-state index is 7.30. The molecule has 360 valence electrons. The topological polar surface area (TPSA) is 26.3 Å². The van der Waals surface area contributed by atoms with Crippen LogP contribution in [0.25, 0.3) is 175 Å². The van der Waals surface area contributed by atoms with Gasteiger partial charge in [-0.05, 0) is 122 Å². The summed E-state index contributed by atoms with van der Waals surface area (Å²) in [5, 5.41) is 21.1. The van der Waals surface area contributed by atoms with Gasteiger partial charge in [-0.25, -0.2) is 0 Å². The van der Waals surface area contributed by atoms with E-state index in [2.05, 4.69) is 267 Å². The van der Waals surface area contributed by atoms with Crippen molar-refractivity contribution >= 4 is 119 Å². The van der Waals surface area contributed by atoms with Crippen molar-refractivity contribution in [1.82, 2.24) is 0 Å². The van der Waals surface area contributed by atoms with Crippen molar-refractivity contribution in [1.29, 1.82) is 0 Å². The highest BCUT2D eigenvalue weighted by molar-refractivity contribution is 6.33. The molecule has 17 aromatic rings. The van der Waals surface area contributed by atoms with Crippen LogP contribution in [0, 0.1) is 0 Å². The second-order valence-corrected chi connectivity index (χ2v) is 20.9. The Morgan fingerprint density at radius 2 is 0.615 bits per heavy atom. The van der Waals surface area contributed by atoms with E-state index in [0.717, 1.165) is 93.2 Å². The molecule has 0 fully saturated rings. The van der Waals surface area contributed by atoms with Crippen LogP contribution in [0.1, 0.15) is 0 Å². The van der Waals surface area contributed by atoms with Gasteiger partial charge in [0.05, 0.1) is 0 Å². The molecule has 0 aliphatic carbocycles. The van der Waals surface area contributed by atoms with Gasteiger partial charge in [-0.1, -0.05) is 249 Å². The summed E-state index contributed by atoms with van der Waals surface area (Å²) in [5.74, 6) is 0. The molecule has 0 radical (unpaired) electrons. The number of benzene rings is 15. The van der Waals surface area contributed by atoms with Gasteiger partial charge in [0.1, 0.15) is 22.3 Å². The molecule has 2 nitrogen and oxygen atoms in total. The summed E-state index contributed by atoms with van der Waals surface area (Å²) in [4.78, 5) is 0. The predicted octanol–water partition coefficient (Wildman–Crippen LogP) is 21.9. The van der Waals surface area contributed by atoms with E-state index < -0.39 is 0 Å². The molecule has 0 spiro atoms. The molecule has 0 saturated carbocycles. The van der Waals surface area contributed by atoms with Gasteiger partial charge in [-0.2, -0.15) is 0 Å². The van der Waals surface area contributed by atoms with E-state index in [9.17, 15) is 0 Å². The Kier molecular flexibility index (Phi) is 9.16. The van der Waals surface area contributed by atoms with Gasteiger partial charge in [-0.3, -0.25) is 0 Å². The van der Waals surface area contributed by atoms with E-state index in [-0.39, 0.29) is 0 Å². The van der Waals surface area contributed by atoms with Crippen LogP contribution in [-0.4, -0.2) is 0 Å². The number of para-hydroxylation sites is 2. The van der Waals surface area contributed by atoms with Crippen molar-refractivity contribution in [3.05, 3.63) is 267 Å². The minimum absolute atomic E-state index is 0.863. The smallest absolute Gasteiger partial charge is 0.143 e. The van der Waals surface area contributed by atoms with Crippen LogP contribution in [-0.2, 0) is 0 Å². The summed E-state index contributed by atoms with van der Waals surface area (Å²) in [5.41, 5.74) is 15.2. The van der Waals surface area contributed by atoms with Crippen LogP contribution in [0.15, 0.2) is 276 Å². The van der Waals surface area contributed by atoms with Crippen molar-refractivity contribution < 1.29 is 8.83 Å². The molecule has 17 rings (SSSR count). The Morgan fingerprint density at radius 1 is 0.192 bits per heavy atom. The largest absolute Gasteiger partial charge is 0.455 e. The molecule has 2 aromatic heterocycles. The van der Waals surface area contributed by atoms with Crippen LogP contribution in [0.3, 0.4) is 0 Å². The summed E-state index contributed by atoms with van der Waals surface area (Å²) < 4.78 is 14.5. The highest BCUT2D eigenvalue weighted by Crippen LogP contribution is 2.51. The second-order valence-electron chi connectivity index (χ2n) is 20.9. The molecule has 0 bridgehead atoms. The third kappa shape index (κ3) is 6.14. The van der Waals surface area contributed by atoms with Crippen molar-refractivity contribution in [2.24, 2.45) is 0 Å². The number of rotatable bonds is 5. The lowest BCUT2D eigenvalue weighted by atomic mass is 9.84. The zero-order valence-electron chi connectivity index (χ0n) is 42.2. The lowest BCUT2D eigenvalue weighted by Crippen LogP contribution is -1.92. The van der Waals surface area contributed by atoms with Crippen LogP contribution in [0.4, 0.5) is 0 Å². The molecule has 78 heavy (non-hydrogen) atoms. The average Bonchev–Trinajstić information content (AvgIpc) is 4.28. The summed E-state index contributed by atoms with van der Waals surface area (Å²) in [6.07, 6.45) is 0. The van der Waals surface area contributed by atoms with E-state index in [0.29, 0.717) is 0 Å². The Morgan fingerprint density at radius 3 is 1.22 bits per heavy atom. The number of hydrogen-bond donors (Lipinski definition) is 0. The average molecular weight is 989 g/mol. The van der Waals surface area contributed by atoms with Gasteiger partial charge < -0.3 is 8.83 Å².